The molecule has 1 aliphatic heterocycles. The van der Waals surface area contributed by atoms with Gasteiger partial charge in [0, 0.05) is 29.7 Å². The van der Waals surface area contributed by atoms with Crippen molar-refractivity contribution in [2.24, 2.45) is 7.05 Å². The smallest absolute Gasteiger partial charge is 0.341 e. The molecule has 1 saturated heterocycles. The molecule has 0 amide bonds. The van der Waals surface area contributed by atoms with Crippen LogP contribution < -0.4 is 5.56 Å². The van der Waals surface area contributed by atoms with E-state index in [-0.39, 0.29) is 5.56 Å². The zero-order valence-corrected chi connectivity index (χ0v) is 17.2. The van der Waals surface area contributed by atoms with Gasteiger partial charge in [-0.2, -0.15) is 0 Å². The van der Waals surface area contributed by atoms with Crippen LogP contribution in [0.3, 0.4) is 0 Å². The van der Waals surface area contributed by atoms with E-state index in [1.54, 1.807) is 0 Å². The van der Waals surface area contributed by atoms with Gasteiger partial charge in [-0.15, -0.1) is 0 Å². The minimum absolute atomic E-state index is 0.215. The van der Waals surface area contributed by atoms with Crippen molar-refractivity contribution in [1.82, 2.24) is 14.5 Å². The van der Waals surface area contributed by atoms with E-state index in [4.69, 9.17) is 0 Å². The lowest BCUT2D eigenvalue weighted by Gasteiger charge is -2.24. The number of H-pyrrole nitrogens is 1. The van der Waals surface area contributed by atoms with E-state index in [0.29, 0.717) is 18.2 Å². The van der Waals surface area contributed by atoms with Crippen LogP contribution in [0.5, 0.6) is 0 Å². The molecule has 6 nitrogen and oxygen atoms in total. The largest absolute Gasteiger partial charge is 0.477 e. The maximum atomic E-state index is 12.2. The molecule has 1 unspecified atom stereocenters. The number of pyridine rings is 1. The normalized spacial score (nSPS) is 15.8. The van der Waals surface area contributed by atoms with Crippen molar-refractivity contribution in [3.8, 4) is 11.3 Å². The van der Waals surface area contributed by atoms with Gasteiger partial charge in [-0.05, 0) is 74.7 Å². The highest BCUT2D eigenvalue weighted by molar-refractivity contribution is 5.89. The van der Waals surface area contributed by atoms with Gasteiger partial charge in [0.05, 0.1) is 5.69 Å². The summed E-state index contributed by atoms with van der Waals surface area (Å²) in [5.41, 5.74) is 4.07. The number of carboxylic acid groups (broad SMARTS) is 1. The van der Waals surface area contributed by atoms with Crippen LogP contribution in [-0.4, -0.2) is 38.6 Å². The molecular weight excluding hydrogens is 366 g/mol. The lowest BCUT2D eigenvalue weighted by atomic mass is 10.0. The summed E-state index contributed by atoms with van der Waals surface area (Å²) in [6, 6.07) is 10.2. The van der Waals surface area contributed by atoms with Crippen molar-refractivity contribution in [3.63, 3.8) is 0 Å². The molecule has 1 aromatic carbocycles. The lowest BCUT2D eigenvalue weighted by molar-refractivity contribution is 0.0695. The fraction of sp³-hybridized carbons (Fsp3) is 0.391. The average Bonchev–Trinajstić information content (AvgIpc) is 3.35. The van der Waals surface area contributed by atoms with Crippen LogP contribution in [0.15, 0.2) is 35.1 Å². The lowest BCUT2D eigenvalue weighted by Crippen LogP contribution is -2.24. The molecule has 29 heavy (non-hydrogen) atoms. The van der Waals surface area contributed by atoms with Gasteiger partial charge < -0.3 is 14.7 Å². The fourth-order valence-electron chi connectivity index (χ4n) is 4.51. The molecule has 0 radical (unpaired) electrons. The third kappa shape index (κ3) is 3.38. The molecule has 0 aliphatic carbocycles. The Hall–Kier alpha value is -2.86. The Kier molecular flexibility index (Phi) is 5.04. The maximum Gasteiger partial charge on any atom is 0.341 e. The molecule has 2 aromatic heterocycles. The number of benzene rings is 1. The Morgan fingerprint density at radius 1 is 1.21 bits per heavy atom. The summed E-state index contributed by atoms with van der Waals surface area (Å²) >= 11 is 0. The van der Waals surface area contributed by atoms with E-state index in [9.17, 15) is 14.7 Å². The van der Waals surface area contributed by atoms with E-state index in [1.165, 1.54) is 24.6 Å². The van der Waals surface area contributed by atoms with Crippen LogP contribution in [-0.2, 0) is 13.5 Å². The van der Waals surface area contributed by atoms with Crippen molar-refractivity contribution in [1.29, 1.82) is 0 Å². The second-order valence-electron chi connectivity index (χ2n) is 7.89. The second-order valence-corrected chi connectivity index (χ2v) is 7.89. The summed E-state index contributed by atoms with van der Waals surface area (Å²) in [4.78, 5) is 28.8. The first-order valence-corrected chi connectivity index (χ1v) is 10.2. The number of carboxylic acids is 1. The molecule has 0 bridgehead atoms. The molecule has 0 saturated carbocycles. The topological polar surface area (TPSA) is 78.3 Å². The number of rotatable bonds is 5. The van der Waals surface area contributed by atoms with Gasteiger partial charge in [0.25, 0.3) is 5.56 Å². The predicted octanol–water partition coefficient (Wildman–Crippen LogP) is 3.95. The highest BCUT2D eigenvalue weighted by Gasteiger charge is 2.22. The number of hydrogen-bond donors (Lipinski definition) is 2. The number of aryl methyl sites for hydroxylation is 2. The first kappa shape index (κ1) is 19.5. The van der Waals surface area contributed by atoms with Gasteiger partial charge in [0.2, 0.25) is 0 Å². The maximum absolute atomic E-state index is 12.2. The molecule has 1 fully saturated rings. The number of carbonyl (C=O) groups is 1. The number of aromatic amines is 1. The number of fused-ring (bicyclic) bond motifs is 1. The molecule has 3 aromatic rings. The van der Waals surface area contributed by atoms with Crippen molar-refractivity contribution < 1.29 is 9.90 Å². The Balaban J connectivity index is 1.79. The third-order valence-electron chi connectivity index (χ3n) is 6.22. The highest BCUT2D eigenvalue weighted by Crippen LogP contribution is 2.32. The molecule has 152 valence electrons. The zero-order valence-electron chi connectivity index (χ0n) is 17.2. The number of aromatic nitrogens is 2. The molecule has 4 rings (SSSR count). The van der Waals surface area contributed by atoms with Gasteiger partial charge in [0.1, 0.15) is 5.56 Å². The van der Waals surface area contributed by atoms with Gasteiger partial charge in [-0.25, -0.2) is 4.79 Å². The minimum Gasteiger partial charge on any atom is -0.477 e. The van der Waals surface area contributed by atoms with Gasteiger partial charge >= 0.3 is 5.97 Å². The van der Waals surface area contributed by atoms with Crippen LogP contribution in [0.4, 0.5) is 0 Å². The number of hydrogen-bond acceptors (Lipinski definition) is 3. The summed E-state index contributed by atoms with van der Waals surface area (Å²) in [5.74, 6) is -1.20. The monoisotopic (exact) mass is 393 g/mol. The second kappa shape index (κ2) is 7.52. The zero-order chi connectivity index (χ0) is 20.7. The Morgan fingerprint density at radius 3 is 2.59 bits per heavy atom. The average molecular weight is 393 g/mol. The van der Waals surface area contributed by atoms with E-state index in [2.05, 4.69) is 46.6 Å². The summed E-state index contributed by atoms with van der Waals surface area (Å²) in [6.45, 7) is 6.51. The number of likely N-dealkylation sites (tertiary alicyclic amines) is 1. The molecule has 3 heterocycles. The number of aromatic carboxylic acids is 1. The van der Waals surface area contributed by atoms with Crippen molar-refractivity contribution in [2.45, 2.75) is 39.2 Å². The van der Waals surface area contributed by atoms with E-state index in [0.717, 1.165) is 35.1 Å². The first-order chi connectivity index (χ1) is 13.9. The third-order valence-corrected chi connectivity index (χ3v) is 6.22. The standard InChI is InChI=1S/C23H27N3O3/c1-4-15-12-18(23(28)29)22(27)24-21(15)16-7-8-19-17(11-16)13-20(25(19)3)14(2)26-9-5-6-10-26/h7-8,11-14H,4-6,9-10H2,1-3H3,(H,24,27)(H,28,29). The quantitative estimate of drug-likeness (QED) is 0.688. The van der Waals surface area contributed by atoms with Crippen LogP contribution in [0, 0.1) is 0 Å². The molecule has 6 heteroatoms. The van der Waals surface area contributed by atoms with Gasteiger partial charge in [-0.1, -0.05) is 13.0 Å². The van der Waals surface area contributed by atoms with E-state index in [1.807, 2.05) is 13.0 Å². The molecule has 1 atom stereocenters. The molecule has 1 aliphatic rings. The fourth-order valence-corrected chi connectivity index (χ4v) is 4.51. The van der Waals surface area contributed by atoms with E-state index < -0.39 is 11.5 Å². The van der Waals surface area contributed by atoms with Crippen molar-refractivity contribution >= 4 is 16.9 Å². The Bertz CT molecular complexity index is 1140. The van der Waals surface area contributed by atoms with Crippen LogP contribution in [0.25, 0.3) is 22.2 Å². The summed E-state index contributed by atoms with van der Waals surface area (Å²) in [6.07, 6.45) is 3.16. The summed E-state index contributed by atoms with van der Waals surface area (Å²) < 4.78 is 2.25. The summed E-state index contributed by atoms with van der Waals surface area (Å²) in [5, 5.41) is 10.4. The minimum atomic E-state index is -1.20. The molecule has 0 spiro atoms. The SMILES string of the molecule is CCc1cc(C(=O)O)c(=O)[nH]c1-c1ccc2c(c1)cc(C(C)N1CCCC1)n2C. The van der Waals surface area contributed by atoms with E-state index >= 15 is 0 Å². The molecular formula is C23H27N3O3. The van der Waals surface area contributed by atoms with Crippen molar-refractivity contribution in [3.05, 3.63) is 57.5 Å². The molecule has 2 N–H and O–H groups in total. The first-order valence-electron chi connectivity index (χ1n) is 10.2. The van der Waals surface area contributed by atoms with Crippen LogP contribution in [0.2, 0.25) is 0 Å². The van der Waals surface area contributed by atoms with Gasteiger partial charge in [0.15, 0.2) is 0 Å². The highest BCUT2D eigenvalue weighted by atomic mass is 16.4. The Morgan fingerprint density at radius 2 is 1.93 bits per heavy atom. The predicted molar refractivity (Wildman–Crippen MR) is 115 cm³/mol. The number of nitrogens with one attached hydrogen (secondary N) is 1. The van der Waals surface area contributed by atoms with Gasteiger partial charge in [-0.3, -0.25) is 9.69 Å². The van der Waals surface area contributed by atoms with Crippen LogP contribution in [0.1, 0.15) is 54.3 Å². The Labute approximate surface area is 169 Å². The van der Waals surface area contributed by atoms with Crippen molar-refractivity contribution in [2.75, 3.05) is 13.1 Å². The van der Waals surface area contributed by atoms with Crippen LogP contribution >= 0.6 is 0 Å². The number of nitrogens with zero attached hydrogens (tertiary/aromatic N) is 2. The summed E-state index contributed by atoms with van der Waals surface area (Å²) in [7, 11) is 2.10.